The van der Waals surface area contributed by atoms with E-state index in [2.05, 4.69) is 22.0 Å². The topological polar surface area (TPSA) is 103 Å². The van der Waals surface area contributed by atoms with E-state index in [1.165, 1.54) is 11.8 Å². The van der Waals surface area contributed by atoms with E-state index < -0.39 is 5.92 Å². The quantitative estimate of drug-likeness (QED) is 0.324. The zero-order valence-electron chi connectivity index (χ0n) is 22.3. The predicted molar refractivity (Wildman–Crippen MR) is 156 cm³/mol. The molecule has 3 N–H and O–H groups in total. The highest BCUT2D eigenvalue weighted by molar-refractivity contribution is 8.03. The summed E-state index contributed by atoms with van der Waals surface area (Å²) >= 11 is 1.24. The molecule has 0 radical (unpaired) electrons. The third-order valence-corrected chi connectivity index (χ3v) is 7.62. The Hall–Kier alpha value is -4.48. The van der Waals surface area contributed by atoms with Crippen molar-refractivity contribution in [1.29, 1.82) is 5.26 Å². The van der Waals surface area contributed by atoms with Crippen molar-refractivity contribution < 1.29 is 14.3 Å². The fourth-order valence-corrected chi connectivity index (χ4v) is 5.35. The number of anilines is 2. The van der Waals surface area contributed by atoms with Crippen molar-refractivity contribution in [3.63, 3.8) is 0 Å². The van der Waals surface area contributed by atoms with Gasteiger partial charge in [0.1, 0.15) is 5.75 Å². The molecule has 0 saturated heterocycles. The molecule has 1 atom stereocenters. The molecule has 8 heteroatoms. The number of aryl methyl sites for hydroxylation is 1. The van der Waals surface area contributed by atoms with Crippen LogP contribution in [0.2, 0.25) is 0 Å². The van der Waals surface area contributed by atoms with Crippen LogP contribution in [0.4, 0.5) is 11.4 Å². The first kappa shape index (κ1) is 27.6. The van der Waals surface area contributed by atoms with Crippen molar-refractivity contribution >= 4 is 35.0 Å². The molecule has 0 fully saturated rings. The summed E-state index contributed by atoms with van der Waals surface area (Å²) in [5.74, 6) is -0.512. The molecule has 3 aromatic rings. The number of allylic oxidation sites excluding steroid dienone is 2. The van der Waals surface area contributed by atoms with Crippen LogP contribution in [0.1, 0.15) is 29.5 Å². The zero-order valence-corrected chi connectivity index (χ0v) is 23.1. The van der Waals surface area contributed by atoms with Gasteiger partial charge in [0.15, 0.2) is 0 Å². The number of nitrogens with one attached hydrogen (secondary N) is 3. The molecule has 0 bridgehead atoms. The lowest BCUT2D eigenvalue weighted by molar-refractivity contribution is -0.114. The molecule has 7 nitrogen and oxygen atoms in total. The Kier molecular flexibility index (Phi) is 8.74. The van der Waals surface area contributed by atoms with Gasteiger partial charge in [0, 0.05) is 17.0 Å². The Labute approximate surface area is 233 Å². The summed E-state index contributed by atoms with van der Waals surface area (Å²) in [6, 6.07) is 24.7. The number of thioether (sulfide) groups is 1. The number of carbonyl (C=O) groups excluding carboxylic acids is 2. The molecular weight excluding hydrogens is 508 g/mol. The molecule has 0 aliphatic carbocycles. The SMILES string of the molecule is COc1ccccc1NC(=O)C1=C(C)NC(SCC(=O)Nc2cccc(C)c2C)=C(C#N)[C@@H]1c1ccccc1. The Morgan fingerprint density at radius 1 is 0.949 bits per heavy atom. The molecule has 4 rings (SSSR count). The van der Waals surface area contributed by atoms with Crippen LogP contribution in [-0.2, 0) is 9.59 Å². The molecule has 0 unspecified atom stereocenters. The second kappa shape index (κ2) is 12.4. The maximum atomic E-state index is 13.7. The largest absolute Gasteiger partial charge is 0.495 e. The van der Waals surface area contributed by atoms with E-state index in [1.54, 1.807) is 26.2 Å². The van der Waals surface area contributed by atoms with Gasteiger partial charge in [-0.3, -0.25) is 9.59 Å². The van der Waals surface area contributed by atoms with Gasteiger partial charge < -0.3 is 20.7 Å². The lowest BCUT2D eigenvalue weighted by atomic mass is 9.82. The second-order valence-corrected chi connectivity index (χ2v) is 10.1. The van der Waals surface area contributed by atoms with Crippen molar-refractivity contribution in [2.75, 3.05) is 23.5 Å². The molecule has 198 valence electrons. The first-order chi connectivity index (χ1) is 18.8. The molecule has 1 aliphatic rings. The average Bonchev–Trinajstić information content (AvgIpc) is 2.94. The normalized spacial score (nSPS) is 14.8. The van der Waals surface area contributed by atoms with E-state index >= 15 is 0 Å². The lowest BCUT2D eigenvalue weighted by Gasteiger charge is -2.30. The lowest BCUT2D eigenvalue weighted by Crippen LogP contribution is -2.31. The third kappa shape index (κ3) is 6.16. The van der Waals surface area contributed by atoms with Gasteiger partial charge >= 0.3 is 0 Å². The van der Waals surface area contributed by atoms with Gasteiger partial charge in [-0.05, 0) is 55.7 Å². The van der Waals surface area contributed by atoms with Gasteiger partial charge in [0.2, 0.25) is 5.91 Å². The van der Waals surface area contributed by atoms with E-state index in [9.17, 15) is 14.9 Å². The molecular formula is C31H30N4O3S. The number of nitriles is 1. The minimum Gasteiger partial charge on any atom is -0.495 e. The minimum atomic E-state index is -0.614. The smallest absolute Gasteiger partial charge is 0.254 e. The number of nitrogens with zero attached hydrogens (tertiary/aromatic N) is 1. The molecule has 0 aromatic heterocycles. The summed E-state index contributed by atoms with van der Waals surface area (Å²) < 4.78 is 5.39. The summed E-state index contributed by atoms with van der Waals surface area (Å²) in [5, 5.41) is 20.0. The van der Waals surface area contributed by atoms with Gasteiger partial charge in [-0.25, -0.2) is 0 Å². The van der Waals surface area contributed by atoms with Crippen molar-refractivity contribution in [2.24, 2.45) is 0 Å². The van der Waals surface area contributed by atoms with Crippen molar-refractivity contribution in [2.45, 2.75) is 26.7 Å². The molecule has 39 heavy (non-hydrogen) atoms. The summed E-state index contributed by atoms with van der Waals surface area (Å²) in [7, 11) is 1.54. The average molecular weight is 539 g/mol. The van der Waals surface area contributed by atoms with E-state index in [0.717, 1.165) is 22.4 Å². The summed E-state index contributed by atoms with van der Waals surface area (Å²) in [6.45, 7) is 5.77. The van der Waals surface area contributed by atoms with Crippen LogP contribution in [0.5, 0.6) is 5.75 Å². The monoisotopic (exact) mass is 538 g/mol. The number of ether oxygens (including phenoxy) is 1. The Morgan fingerprint density at radius 3 is 2.36 bits per heavy atom. The molecule has 1 aliphatic heterocycles. The maximum absolute atomic E-state index is 13.7. The first-order valence-electron chi connectivity index (χ1n) is 12.4. The van der Waals surface area contributed by atoms with Gasteiger partial charge in [0.05, 0.1) is 41.1 Å². The Morgan fingerprint density at radius 2 is 1.64 bits per heavy atom. The van der Waals surface area contributed by atoms with Crippen LogP contribution in [0.3, 0.4) is 0 Å². The van der Waals surface area contributed by atoms with Crippen LogP contribution < -0.4 is 20.7 Å². The van der Waals surface area contributed by atoms with Gasteiger partial charge in [-0.15, -0.1) is 0 Å². The second-order valence-electron chi connectivity index (χ2n) is 9.10. The third-order valence-electron chi connectivity index (χ3n) is 6.61. The fraction of sp³-hybridized carbons (Fsp3) is 0.194. The molecule has 0 spiro atoms. The standard InChI is InChI=1S/C31H30N4O3S/c1-19-11-10-15-24(20(19)2)34-27(36)18-39-31-23(17-32)29(22-12-6-5-7-13-22)28(21(3)33-31)30(37)35-25-14-8-9-16-26(25)38-4/h5-16,29,33H,18H2,1-4H3,(H,34,36)(H,35,37)/t29-/m0/s1. The predicted octanol–water partition coefficient (Wildman–Crippen LogP) is 6.02. The van der Waals surface area contributed by atoms with E-state index in [4.69, 9.17) is 4.74 Å². The number of hydrogen-bond acceptors (Lipinski definition) is 6. The van der Waals surface area contributed by atoms with Crippen molar-refractivity contribution in [3.05, 3.63) is 111 Å². The molecule has 1 heterocycles. The number of amides is 2. The number of rotatable bonds is 8. The molecule has 2 amide bonds. The van der Waals surface area contributed by atoms with Crippen LogP contribution >= 0.6 is 11.8 Å². The number of methoxy groups -OCH3 is 1. The van der Waals surface area contributed by atoms with Crippen LogP contribution in [-0.4, -0.2) is 24.7 Å². The maximum Gasteiger partial charge on any atom is 0.254 e. The van der Waals surface area contributed by atoms with Gasteiger partial charge in [-0.1, -0.05) is 66.4 Å². The van der Waals surface area contributed by atoms with Crippen LogP contribution in [0.15, 0.2) is 94.7 Å². The molecule has 3 aromatic carbocycles. The van der Waals surface area contributed by atoms with Crippen LogP contribution in [0, 0.1) is 25.2 Å². The van der Waals surface area contributed by atoms with Gasteiger partial charge in [-0.2, -0.15) is 5.26 Å². The summed E-state index contributed by atoms with van der Waals surface area (Å²) in [5.41, 5.74) is 5.61. The van der Waals surface area contributed by atoms with E-state index in [0.29, 0.717) is 33.3 Å². The van der Waals surface area contributed by atoms with Crippen molar-refractivity contribution in [3.8, 4) is 11.8 Å². The number of hydrogen-bond donors (Lipinski definition) is 3. The highest BCUT2D eigenvalue weighted by Crippen LogP contribution is 2.41. The first-order valence-corrected chi connectivity index (χ1v) is 13.4. The fourth-order valence-electron chi connectivity index (χ4n) is 4.45. The number of dihydropyridines is 1. The number of benzene rings is 3. The van der Waals surface area contributed by atoms with E-state index in [-0.39, 0.29) is 17.6 Å². The summed E-state index contributed by atoms with van der Waals surface area (Å²) in [4.78, 5) is 26.5. The minimum absolute atomic E-state index is 0.0957. The Balaban J connectivity index is 1.62. The van der Waals surface area contributed by atoms with Gasteiger partial charge in [0.25, 0.3) is 5.91 Å². The number of carbonyl (C=O) groups is 2. The van der Waals surface area contributed by atoms with E-state index in [1.807, 2.05) is 74.5 Å². The Bertz CT molecular complexity index is 1510. The number of para-hydroxylation sites is 2. The summed E-state index contributed by atoms with van der Waals surface area (Å²) in [6.07, 6.45) is 0. The molecule has 0 saturated carbocycles. The van der Waals surface area contributed by atoms with Crippen LogP contribution in [0.25, 0.3) is 0 Å². The highest BCUT2D eigenvalue weighted by atomic mass is 32.2. The van der Waals surface area contributed by atoms with Crippen molar-refractivity contribution in [1.82, 2.24) is 5.32 Å². The zero-order chi connectivity index (χ0) is 27.9. The highest BCUT2D eigenvalue weighted by Gasteiger charge is 2.35.